The smallest absolute Gasteiger partial charge is 0.192 e. The van der Waals surface area contributed by atoms with Crippen LogP contribution in [0, 0.1) is 22.6 Å². The number of benzene rings is 1. The predicted octanol–water partition coefficient (Wildman–Crippen LogP) is 6.64. The Hall–Kier alpha value is -1.92. The van der Waals surface area contributed by atoms with Crippen molar-refractivity contribution in [2.24, 2.45) is 16.3 Å². The molecule has 31 heavy (non-hydrogen) atoms. The molecule has 3 rings (SSSR count). The van der Waals surface area contributed by atoms with Gasteiger partial charge in [0.1, 0.15) is 12.1 Å². The van der Waals surface area contributed by atoms with E-state index in [2.05, 4.69) is 33.8 Å². The molecule has 0 amide bonds. The summed E-state index contributed by atoms with van der Waals surface area (Å²) >= 11 is 0. The third-order valence-electron chi connectivity index (χ3n) is 7.89. The Balaban J connectivity index is 2.05. The highest BCUT2D eigenvalue weighted by Crippen LogP contribution is 2.60. The number of carbonyl (C=O) groups is 1. The van der Waals surface area contributed by atoms with Gasteiger partial charge in [0.05, 0.1) is 11.3 Å². The van der Waals surface area contributed by atoms with Gasteiger partial charge in [0.15, 0.2) is 8.32 Å². The van der Waals surface area contributed by atoms with Gasteiger partial charge in [0, 0.05) is 29.7 Å². The Kier molecular flexibility index (Phi) is 7.11. The number of rotatable bonds is 9. The highest BCUT2D eigenvalue weighted by atomic mass is 28.4. The standard InChI is InChI=1S/C25H35FN2O2Si/c1-5-31(6-2,7-3)30-25(14-15-29)13-12-20-16-23(19(18-27)17-24(20,25)4)28-22-10-8-21(26)9-11-22/h8-11,15-16,18-19,27H,5-7,12-14,17H2,1-4H3/t19?,24-,25+/m0/s1. The third-order valence-corrected chi connectivity index (χ3v) is 12.6. The van der Waals surface area contributed by atoms with Crippen molar-refractivity contribution in [1.29, 1.82) is 5.41 Å². The van der Waals surface area contributed by atoms with Crippen LogP contribution in [0.1, 0.15) is 53.4 Å². The van der Waals surface area contributed by atoms with Gasteiger partial charge in [-0.05, 0) is 67.7 Å². The molecule has 0 aliphatic heterocycles. The molecule has 3 atom stereocenters. The van der Waals surface area contributed by atoms with Crippen molar-refractivity contribution in [3.8, 4) is 0 Å². The molecular weight excluding hydrogens is 407 g/mol. The van der Waals surface area contributed by atoms with E-state index in [4.69, 9.17) is 14.8 Å². The summed E-state index contributed by atoms with van der Waals surface area (Å²) in [5.41, 5.74) is 1.99. The molecule has 1 aromatic rings. The molecule has 6 heteroatoms. The molecule has 0 heterocycles. The molecule has 168 valence electrons. The summed E-state index contributed by atoms with van der Waals surface area (Å²) in [4.78, 5) is 16.6. The first-order valence-electron chi connectivity index (χ1n) is 11.5. The Morgan fingerprint density at radius 3 is 2.42 bits per heavy atom. The van der Waals surface area contributed by atoms with Crippen LogP contribution < -0.4 is 0 Å². The van der Waals surface area contributed by atoms with Gasteiger partial charge < -0.3 is 14.6 Å². The van der Waals surface area contributed by atoms with Crippen molar-refractivity contribution in [3.63, 3.8) is 0 Å². The van der Waals surface area contributed by atoms with Gasteiger partial charge in [-0.25, -0.2) is 4.39 Å². The number of halogens is 1. The van der Waals surface area contributed by atoms with Crippen molar-refractivity contribution in [3.05, 3.63) is 41.7 Å². The molecule has 2 aliphatic carbocycles. The van der Waals surface area contributed by atoms with Gasteiger partial charge in [-0.2, -0.15) is 0 Å². The maximum atomic E-state index is 13.3. The van der Waals surface area contributed by atoms with Crippen LogP contribution in [0.5, 0.6) is 0 Å². The number of hydrogen-bond donors (Lipinski definition) is 1. The van der Waals surface area contributed by atoms with E-state index in [-0.39, 0.29) is 17.2 Å². The van der Waals surface area contributed by atoms with E-state index < -0.39 is 13.9 Å². The second kappa shape index (κ2) is 9.29. The van der Waals surface area contributed by atoms with Crippen LogP contribution in [0.15, 0.2) is 40.9 Å². The average Bonchev–Trinajstić information content (AvgIpc) is 3.04. The molecule has 1 unspecified atom stereocenters. The summed E-state index contributed by atoms with van der Waals surface area (Å²) < 4.78 is 20.4. The fourth-order valence-electron chi connectivity index (χ4n) is 5.53. The summed E-state index contributed by atoms with van der Waals surface area (Å²) in [5.74, 6) is -0.448. The maximum absolute atomic E-state index is 13.3. The number of nitrogens with one attached hydrogen (secondary N) is 1. The van der Waals surface area contributed by atoms with Crippen molar-refractivity contribution in [1.82, 2.24) is 0 Å². The SMILES string of the molecule is CC[Si](CC)(CC)O[C@@]1(CC=O)CCC2=CC(=Nc3ccc(F)cc3)C(C=N)C[C@@]21C. The van der Waals surface area contributed by atoms with E-state index in [0.29, 0.717) is 18.5 Å². The van der Waals surface area contributed by atoms with Gasteiger partial charge in [-0.15, -0.1) is 0 Å². The minimum Gasteiger partial charge on any atom is -0.410 e. The lowest BCUT2D eigenvalue weighted by atomic mass is 9.64. The van der Waals surface area contributed by atoms with Crippen LogP contribution in [0.4, 0.5) is 10.1 Å². The topological polar surface area (TPSA) is 62.5 Å². The minimum atomic E-state index is -1.94. The lowest BCUT2D eigenvalue weighted by Crippen LogP contribution is -2.55. The van der Waals surface area contributed by atoms with Gasteiger partial charge in [0.2, 0.25) is 0 Å². The number of aldehydes is 1. The Morgan fingerprint density at radius 2 is 1.87 bits per heavy atom. The zero-order valence-corrected chi connectivity index (χ0v) is 20.2. The zero-order chi connectivity index (χ0) is 22.7. The van der Waals surface area contributed by atoms with E-state index in [1.54, 1.807) is 12.1 Å². The molecule has 0 saturated heterocycles. The number of carbonyl (C=O) groups excluding carboxylic acids is 1. The lowest BCUT2D eigenvalue weighted by molar-refractivity contribution is -0.115. The molecule has 0 radical (unpaired) electrons. The number of aliphatic imine (C=N–C) groups is 1. The maximum Gasteiger partial charge on any atom is 0.192 e. The van der Waals surface area contributed by atoms with E-state index in [0.717, 1.165) is 43.0 Å². The largest absolute Gasteiger partial charge is 0.410 e. The summed E-state index contributed by atoms with van der Waals surface area (Å²) in [6.07, 6.45) is 7.40. The molecule has 1 fully saturated rings. The van der Waals surface area contributed by atoms with Crippen LogP contribution in [-0.4, -0.2) is 32.1 Å². The fourth-order valence-corrected chi connectivity index (χ4v) is 8.70. The second-order valence-corrected chi connectivity index (χ2v) is 13.9. The van der Waals surface area contributed by atoms with Crippen molar-refractivity contribution in [2.45, 2.75) is 77.1 Å². The van der Waals surface area contributed by atoms with E-state index in [1.165, 1.54) is 23.9 Å². The lowest BCUT2D eigenvalue weighted by Gasteiger charge is -2.51. The number of nitrogens with zero attached hydrogens (tertiary/aromatic N) is 1. The summed E-state index contributed by atoms with van der Waals surface area (Å²) in [6.45, 7) is 8.88. The minimum absolute atomic E-state index is 0.160. The predicted molar refractivity (Wildman–Crippen MR) is 128 cm³/mol. The highest BCUT2D eigenvalue weighted by molar-refractivity contribution is 6.73. The molecule has 2 aliphatic rings. The quantitative estimate of drug-likeness (QED) is 0.264. The molecule has 0 bridgehead atoms. The van der Waals surface area contributed by atoms with Crippen LogP contribution >= 0.6 is 0 Å². The molecule has 0 spiro atoms. The molecule has 0 aromatic heterocycles. The summed E-state index contributed by atoms with van der Waals surface area (Å²) in [7, 11) is -1.94. The van der Waals surface area contributed by atoms with E-state index >= 15 is 0 Å². The molecule has 4 nitrogen and oxygen atoms in total. The first-order chi connectivity index (χ1) is 14.8. The highest BCUT2D eigenvalue weighted by Gasteiger charge is 2.59. The Labute approximate surface area is 186 Å². The first kappa shape index (κ1) is 23.7. The zero-order valence-electron chi connectivity index (χ0n) is 19.2. The van der Waals surface area contributed by atoms with Crippen LogP contribution in [0.2, 0.25) is 18.1 Å². The Morgan fingerprint density at radius 1 is 1.23 bits per heavy atom. The van der Waals surface area contributed by atoms with E-state index in [1.807, 2.05) is 0 Å². The van der Waals surface area contributed by atoms with Gasteiger partial charge >= 0.3 is 0 Å². The van der Waals surface area contributed by atoms with Crippen LogP contribution in [0.25, 0.3) is 0 Å². The van der Waals surface area contributed by atoms with Crippen molar-refractivity contribution >= 4 is 32.2 Å². The van der Waals surface area contributed by atoms with Crippen molar-refractivity contribution < 1.29 is 13.6 Å². The fraction of sp³-hybridized carbons (Fsp3) is 0.560. The molecule has 1 N–H and O–H groups in total. The molecule has 1 saturated carbocycles. The van der Waals surface area contributed by atoms with Crippen LogP contribution in [0.3, 0.4) is 0 Å². The van der Waals surface area contributed by atoms with Gasteiger partial charge in [-0.3, -0.25) is 4.99 Å². The number of hydrogen-bond acceptors (Lipinski definition) is 4. The van der Waals surface area contributed by atoms with Gasteiger partial charge in [0.25, 0.3) is 0 Å². The third kappa shape index (κ3) is 4.24. The Bertz CT molecular complexity index is 870. The molecule has 1 aromatic carbocycles. The summed E-state index contributed by atoms with van der Waals surface area (Å²) in [6, 6.07) is 9.26. The first-order valence-corrected chi connectivity index (χ1v) is 14.0. The van der Waals surface area contributed by atoms with E-state index in [9.17, 15) is 9.18 Å². The summed E-state index contributed by atoms with van der Waals surface area (Å²) in [5, 5.41) is 8.09. The van der Waals surface area contributed by atoms with Crippen molar-refractivity contribution in [2.75, 3.05) is 0 Å². The number of allylic oxidation sites excluding steroid dienone is 1. The second-order valence-electron chi connectivity index (χ2n) is 9.20. The molecular formula is C25H35FN2O2Si. The monoisotopic (exact) mass is 442 g/mol. The number of fused-ring (bicyclic) bond motifs is 1. The van der Waals surface area contributed by atoms with Gasteiger partial charge in [-0.1, -0.05) is 33.3 Å². The van der Waals surface area contributed by atoms with Crippen LogP contribution in [-0.2, 0) is 9.22 Å². The average molecular weight is 443 g/mol. The normalized spacial score (nSPS) is 29.5.